The van der Waals surface area contributed by atoms with Crippen LogP contribution in [0.25, 0.3) is 22.4 Å². The zero-order valence-corrected chi connectivity index (χ0v) is 19.8. The van der Waals surface area contributed by atoms with Crippen LogP contribution in [0.4, 0.5) is 0 Å². The standard InChI is InChI=1S/C24H33N3O2Si/c1-15(2)30(16(3)4,17(5)6)29-14-18-10-7-8-11-19(18)24-26-21-13-9-12-20(23(25)28)22(21)27-24/h7-13,15-17H,14H2,1-6H3,(H2,25,28)(H,26,27). The maximum Gasteiger partial charge on any atom is 0.250 e. The molecule has 0 unspecified atom stereocenters. The van der Waals surface area contributed by atoms with Crippen LogP contribution in [0.1, 0.15) is 57.5 Å². The molecule has 0 aliphatic heterocycles. The topological polar surface area (TPSA) is 81.0 Å². The number of carbonyl (C=O) groups excluding carboxylic acids is 1. The average molecular weight is 424 g/mol. The Kier molecular flexibility index (Phi) is 6.48. The van der Waals surface area contributed by atoms with Crippen molar-refractivity contribution < 1.29 is 9.22 Å². The van der Waals surface area contributed by atoms with Crippen LogP contribution < -0.4 is 5.73 Å². The molecule has 0 bridgehead atoms. The number of rotatable bonds is 8. The lowest BCUT2D eigenvalue weighted by atomic mass is 10.1. The van der Waals surface area contributed by atoms with Crippen molar-refractivity contribution in [2.45, 2.75) is 64.8 Å². The molecular formula is C24H33N3O2Si. The first-order chi connectivity index (χ1) is 14.2. The van der Waals surface area contributed by atoms with Gasteiger partial charge < -0.3 is 15.1 Å². The fourth-order valence-electron chi connectivity index (χ4n) is 4.94. The summed E-state index contributed by atoms with van der Waals surface area (Å²) in [5.74, 6) is 0.251. The molecule has 1 heterocycles. The number of imidazole rings is 1. The zero-order chi connectivity index (χ0) is 22.1. The lowest BCUT2D eigenvalue weighted by Crippen LogP contribution is -2.47. The fraction of sp³-hybridized carbons (Fsp3) is 0.417. The minimum absolute atomic E-state index is 0.426. The number of primary amides is 1. The van der Waals surface area contributed by atoms with E-state index in [-0.39, 0.29) is 0 Å². The molecule has 0 saturated heterocycles. The van der Waals surface area contributed by atoms with E-state index in [0.29, 0.717) is 34.3 Å². The number of para-hydroxylation sites is 1. The molecule has 30 heavy (non-hydrogen) atoms. The van der Waals surface area contributed by atoms with Crippen molar-refractivity contribution in [3.63, 3.8) is 0 Å². The van der Waals surface area contributed by atoms with Crippen LogP contribution in [0.5, 0.6) is 0 Å². The van der Waals surface area contributed by atoms with Crippen LogP contribution in [0.2, 0.25) is 16.6 Å². The van der Waals surface area contributed by atoms with Crippen LogP contribution in [0.3, 0.4) is 0 Å². The van der Waals surface area contributed by atoms with Gasteiger partial charge in [0.05, 0.1) is 17.7 Å². The van der Waals surface area contributed by atoms with E-state index in [9.17, 15) is 4.79 Å². The largest absolute Gasteiger partial charge is 0.412 e. The van der Waals surface area contributed by atoms with Gasteiger partial charge in [0, 0.05) is 5.56 Å². The van der Waals surface area contributed by atoms with E-state index in [1.54, 1.807) is 6.07 Å². The van der Waals surface area contributed by atoms with Gasteiger partial charge in [0.1, 0.15) is 11.3 Å². The molecule has 0 aliphatic carbocycles. The normalized spacial score (nSPS) is 12.4. The Balaban J connectivity index is 2.00. The number of nitrogens with two attached hydrogens (primary N) is 1. The number of amides is 1. The van der Waals surface area contributed by atoms with Crippen molar-refractivity contribution in [2.75, 3.05) is 0 Å². The molecule has 0 radical (unpaired) electrons. The number of benzene rings is 2. The van der Waals surface area contributed by atoms with E-state index >= 15 is 0 Å². The second kappa shape index (κ2) is 8.74. The highest BCUT2D eigenvalue weighted by Crippen LogP contribution is 2.43. The van der Waals surface area contributed by atoms with Crippen molar-refractivity contribution in [3.05, 3.63) is 53.6 Å². The minimum atomic E-state index is -1.98. The van der Waals surface area contributed by atoms with Gasteiger partial charge in [0.2, 0.25) is 8.32 Å². The van der Waals surface area contributed by atoms with Crippen LogP contribution in [0, 0.1) is 0 Å². The summed E-state index contributed by atoms with van der Waals surface area (Å²) < 4.78 is 6.82. The number of H-pyrrole nitrogens is 1. The maximum atomic E-state index is 11.8. The van der Waals surface area contributed by atoms with Gasteiger partial charge in [-0.2, -0.15) is 0 Å². The molecule has 2 aromatic carbocycles. The Morgan fingerprint density at radius 1 is 1.00 bits per heavy atom. The Hall–Kier alpha value is -2.44. The number of carbonyl (C=O) groups is 1. The van der Waals surface area contributed by atoms with E-state index in [1.807, 2.05) is 30.3 Å². The first kappa shape index (κ1) is 22.2. The second-order valence-electron chi connectivity index (χ2n) is 8.91. The molecule has 0 fully saturated rings. The van der Waals surface area contributed by atoms with Crippen molar-refractivity contribution in [3.8, 4) is 11.4 Å². The quantitative estimate of drug-likeness (QED) is 0.435. The predicted molar refractivity (Wildman–Crippen MR) is 126 cm³/mol. The van der Waals surface area contributed by atoms with Crippen molar-refractivity contribution in [1.82, 2.24) is 9.97 Å². The van der Waals surface area contributed by atoms with E-state index in [2.05, 4.69) is 52.6 Å². The SMILES string of the molecule is CC(C)[Si](OCc1ccccc1-c1nc2c(C(N)=O)cccc2[nH]1)(C(C)C)C(C)C. The van der Waals surface area contributed by atoms with Gasteiger partial charge in [-0.25, -0.2) is 4.98 Å². The van der Waals surface area contributed by atoms with Crippen LogP contribution in [-0.2, 0) is 11.0 Å². The predicted octanol–water partition coefficient (Wildman–Crippen LogP) is 6.02. The molecule has 3 N–H and O–H groups in total. The lowest BCUT2D eigenvalue weighted by Gasteiger charge is -2.42. The fourth-order valence-corrected chi connectivity index (χ4v) is 10.3. The van der Waals surface area contributed by atoms with Crippen molar-refractivity contribution in [1.29, 1.82) is 0 Å². The molecule has 0 atom stereocenters. The Morgan fingerprint density at radius 2 is 1.63 bits per heavy atom. The molecule has 0 spiro atoms. The van der Waals surface area contributed by atoms with Crippen molar-refractivity contribution in [2.24, 2.45) is 5.73 Å². The van der Waals surface area contributed by atoms with Gasteiger partial charge in [-0.05, 0) is 34.3 Å². The smallest absolute Gasteiger partial charge is 0.250 e. The number of nitrogens with zero attached hydrogens (tertiary/aromatic N) is 1. The summed E-state index contributed by atoms with van der Waals surface area (Å²) in [6.07, 6.45) is 0. The van der Waals surface area contributed by atoms with Crippen LogP contribution in [0.15, 0.2) is 42.5 Å². The molecule has 0 saturated carbocycles. The number of aromatic nitrogens is 2. The summed E-state index contributed by atoms with van der Waals surface area (Å²) >= 11 is 0. The van der Waals surface area contributed by atoms with Crippen molar-refractivity contribution >= 4 is 25.3 Å². The van der Waals surface area contributed by atoms with E-state index in [0.717, 1.165) is 22.5 Å². The summed E-state index contributed by atoms with van der Waals surface area (Å²) in [5, 5.41) is 0. The molecule has 1 aromatic heterocycles. The third kappa shape index (κ3) is 3.94. The third-order valence-electron chi connectivity index (χ3n) is 6.24. The Labute approximate surface area is 180 Å². The van der Waals surface area contributed by atoms with E-state index in [4.69, 9.17) is 15.1 Å². The van der Waals surface area contributed by atoms with E-state index in [1.165, 1.54) is 0 Å². The average Bonchev–Trinajstić information content (AvgIpc) is 3.11. The maximum absolute atomic E-state index is 11.8. The van der Waals surface area contributed by atoms with Gasteiger partial charge in [-0.15, -0.1) is 0 Å². The number of nitrogens with one attached hydrogen (secondary N) is 1. The monoisotopic (exact) mass is 423 g/mol. The summed E-state index contributed by atoms with van der Waals surface area (Å²) in [5.41, 5.74) is 11.0. The lowest BCUT2D eigenvalue weighted by molar-refractivity contribution is 0.100. The molecule has 3 rings (SSSR count). The molecule has 160 valence electrons. The van der Waals surface area contributed by atoms with Gasteiger partial charge in [0.25, 0.3) is 5.91 Å². The summed E-state index contributed by atoms with van der Waals surface area (Å²) in [7, 11) is -1.98. The Morgan fingerprint density at radius 3 is 2.23 bits per heavy atom. The first-order valence-electron chi connectivity index (χ1n) is 10.7. The van der Waals surface area contributed by atoms with Gasteiger partial charge in [0.15, 0.2) is 0 Å². The zero-order valence-electron chi connectivity index (χ0n) is 18.8. The van der Waals surface area contributed by atoms with Crippen LogP contribution >= 0.6 is 0 Å². The van der Waals surface area contributed by atoms with Gasteiger partial charge >= 0.3 is 0 Å². The number of hydrogen-bond donors (Lipinski definition) is 2. The number of fused-ring (bicyclic) bond motifs is 1. The molecule has 1 amide bonds. The van der Waals surface area contributed by atoms with Gasteiger partial charge in [-0.1, -0.05) is 71.9 Å². The third-order valence-corrected chi connectivity index (χ3v) is 12.3. The molecule has 5 nitrogen and oxygen atoms in total. The second-order valence-corrected chi connectivity index (χ2v) is 14.4. The highest BCUT2D eigenvalue weighted by atomic mass is 28.4. The number of aromatic amines is 1. The van der Waals surface area contributed by atoms with Crippen LogP contribution in [-0.4, -0.2) is 24.2 Å². The Bertz CT molecular complexity index is 1020. The minimum Gasteiger partial charge on any atom is -0.412 e. The highest BCUT2D eigenvalue weighted by Gasteiger charge is 2.45. The summed E-state index contributed by atoms with van der Waals surface area (Å²) in [6.45, 7) is 14.3. The molecule has 6 heteroatoms. The van der Waals surface area contributed by atoms with E-state index < -0.39 is 14.2 Å². The molecule has 0 aliphatic rings. The summed E-state index contributed by atoms with van der Waals surface area (Å²) in [4.78, 5) is 19.8. The first-order valence-corrected chi connectivity index (χ1v) is 12.8. The summed E-state index contributed by atoms with van der Waals surface area (Å²) in [6, 6.07) is 13.6. The molecular weight excluding hydrogens is 390 g/mol. The number of hydrogen-bond acceptors (Lipinski definition) is 3. The molecule has 3 aromatic rings. The highest BCUT2D eigenvalue weighted by molar-refractivity contribution is 6.77. The van der Waals surface area contributed by atoms with Gasteiger partial charge in [-0.3, -0.25) is 4.79 Å².